The summed E-state index contributed by atoms with van der Waals surface area (Å²) in [5.74, 6) is -0.0372. The van der Waals surface area contributed by atoms with Crippen LogP contribution in [0.25, 0.3) is 0 Å². The number of allylic oxidation sites excluding steroid dienone is 3. The fourth-order valence-electron chi connectivity index (χ4n) is 1.74. The van der Waals surface area contributed by atoms with Gasteiger partial charge >= 0.3 is 5.97 Å². The minimum absolute atomic E-state index is 0.436. The molecule has 0 amide bonds. The van der Waals surface area contributed by atoms with Gasteiger partial charge in [0.25, 0.3) is 0 Å². The predicted octanol–water partition coefficient (Wildman–Crippen LogP) is 5.56. The molecule has 3 N–H and O–H groups in total. The zero-order valence-corrected chi connectivity index (χ0v) is 15.9. The molecule has 1 aliphatic carbocycles. The molecule has 1 aliphatic rings. The quantitative estimate of drug-likeness (QED) is 0.698. The van der Waals surface area contributed by atoms with Gasteiger partial charge in [0.1, 0.15) is 6.04 Å². The number of rotatable bonds is 5. The zero-order valence-electron chi connectivity index (χ0n) is 15.9. The van der Waals surface area contributed by atoms with Crippen LogP contribution in [-0.4, -0.2) is 17.1 Å². The topological polar surface area (TPSA) is 63.3 Å². The lowest BCUT2D eigenvalue weighted by molar-refractivity contribution is -0.138. The molecular weight excluding hydrogens is 274 g/mol. The minimum atomic E-state index is -0.935. The molecule has 0 bridgehead atoms. The minimum Gasteiger partial charge on any atom is -0.480 e. The Morgan fingerprint density at radius 1 is 1.23 bits per heavy atom. The molecule has 132 valence electrons. The fourth-order valence-corrected chi connectivity index (χ4v) is 1.74. The second-order valence-electron chi connectivity index (χ2n) is 5.09. The van der Waals surface area contributed by atoms with E-state index < -0.39 is 12.0 Å². The lowest BCUT2D eigenvalue weighted by Gasteiger charge is -2.09. The second kappa shape index (κ2) is 19.9. The summed E-state index contributed by atoms with van der Waals surface area (Å²) in [6.45, 7) is 14.7. The van der Waals surface area contributed by atoms with Crippen molar-refractivity contribution in [3.8, 4) is 0 Å². The molecule has 1 rings (SSSR count). The monoisotopic (exact) mass is 313 g/mol. The number of carbonyl (C=O) groups is 1. The lowest BCUT2D eigenvalue weighted by Crippen LogP contribution is -2.30. The highest BCUT2D eigenvalue weighted by atomic mass is 16.4. The van der Waals surface area contributed by atoms with Gasteiger partial charge in [-0.15, -0.1) is 0 Å². The van der Waals surface area contributed by atoms with Crippen molar-refractivity contribution in [1.29, 1.82) is 0 Å². The van der Waals surface area contributed by atoms with E-state index in [0.717, 1.165) is 24.3 Å². The summed E-state index contributed by atoms with van der Waals surface area (Å²) in [6, 6.07) is -0.765. The van der Waals surface area contributed by atoms with Crippen molar-refractivity contribution in [1.82, 2.24) is 0 Å². The van der Waals surface area contributed by atoms with Crippen LogP contribution in [0.4, 0.5) is 0 Å². The molecule has 22 heavy (non-hydrogen) atoms. The zero-order chi connectivity index (χ0) is 18.0. The maximum atomic E-state index is 10.4. The Morgan fingerprint density at radius 3 is 2.05 bits per heavy atom. The number of hydrogen-bond donors (Lipinski definition) is 2. The fraction of sp³-hybridized carbons (Fsp3) is 0.737. The summed E-state index contributed by atoms with van der Waals surface area (Å²) < 4.78 is 0. The Morgan fingerprint density at radius 2 is 1.77 bits per heavy atom. The van der Waals surface area contributed by atoms with E-state index in [2.05, 4.69) is 20.8 Å². The number of carboxylic acids is 1. The van der Waals surface area contributed by atoms with Crippen LogP contribution in [-0.2, 0) is 4.79 Å². The Hall–Kier alpha value is -1.09. The molecule has 3 heteroatoms. The first-order valence-electron chi connectivity index (χ1n) is 8.81. The third kappa shape index (κ3) is 18.9. The summed E-state index contributed by atoms with van der Waals surface area (Å²) >= 11 is 0. The van der Waals surface area contributed by atoms with Gasteiger partial charge in [0.2, 0.25) is 0 Å². The first kappa shape index (κ1) is 25.8. The Bertz CT molecular complexity index is 294. The van der Waals surface area contributed by atoms with Crippen molar-refractivity contribution in [2.75, 3.05) is 0 Å². The normalized spacial score (nSPS) is 13.4. The molecule has 0 fully saturated rings. The van der Waals surface area contributed by atoms with Crippen molar-refractivity contribution in [3.63, 3.8) is 0 Å². The lowest BCUT2D eigenvalue weighted by atomic mass is 10.0. The van der Waals surface area contributed by atoms with Crippen molar-refractivity contribution in [2.24, 2.45) is 11.7 Å². The largest absolute Gasteiger partial charge is 0.480 e. The standard InChI is InChI=1S/C9H13NO2.C6H14.2C2H6/c10-8(9(11)12)6-7-4-2-1-3-5-7;1-4-5-6(2)3;2*1-2/h2,4-5,8H,1,3,6,10H2,(H,11,12);6H,4-5H2,1-3H3;2*1-2H3. The second-order valence-corrected chi connectivity index (χ2v) is 5.09. The van der Waals surface area contributed by atoms with Gasteiger partial charge in [-0.1, -0.05) is 85.1 Å². The summed E-state index contributed by atoms with van der Waals surface area (Å²) in [7, 11) is 0. The van der Waals surface area contributed by atoms with Crippen LogP contribution >= 0.6 is 0 Å². The van der Waals surface area contributed by atoms with Gasteiger partial charge in [-0.2, -0.15) is 0 Å². The highest BCUT2D eigenvalue weighted by Crippen LogP contribution is 2.14. The van der Waals surface area contributed by atoms with E-state index in [1.165, 1.54) is 12.8 Å². The number of nitrogens with two attached hydrogens (primary N) is 1. The van der Waals surface area contributed by atoms with Gasteiger partial charge in [-0.05, 0) is 25.2 Å². The smallest absolute Gasteiger partial charge is 0.320 e. The first-order chi connectivity index (χ1) is 10.5. The van der Waals surface area contributed by atoms with Crippen LogP contribution in [0.1, 0.15) is 80.6 Å². The van der Waals surface area contributed by atoms with Gasteiger partial charge in [0.15, 0.2) is 0 Å². The maximum absolute atomic E-state index is 10.4. The van der Waals surface area contributed by atoms with E-state index in [1.54, 1.807) is 0 Å². The third-order valence-electron chi connectivity index (χ3n) is 2.71. The van der Waals surface area contributed by atoms with Crippen LogP contribution in [0, 0.1) is 5.92 Å². The molecule has 0 saturated carbocycles. The molecule has 0 aromatic carbocycles. The highest BCUT2D eigenvalue weighted by molar-refractivity contribution is 5.73. The molecule has 0 spiro atoms. The molecule has 0 aromatic rings. The highest BCUT2D eigenvalue weighted by Gasteiger charge is 2.12. The van der Waals surface area contributed by atoms with Crippen LogP contribution in [0.5, 0.6) is 0 Å². The SMILES string of the molecule is CC.CC.CCCC(C)C.NC(CC1=CCCC=C1)C(=O)O. The van der Waals surface area contributed by atoms with Crippen molar-refractivity contribution >= 4 is 5.97 Å². The summed E-state index contributed by atoms with van der Waals surface area (Å²) in [4.78, 5) is 10.4. The van der Waals surface area contributed by atoms with Crippen LogP contribution < -0.4 is 5.73 Å². The van der Waals surface area contributed by atoms with Crippen LogP contribution in [0.3, 0.4) is 0 Å². The average Bonchev–Trinajstić information content (AvgIpc) is 2.52. The number of carboxylic acid groups (broad SMARTS) is 1. The predicted molar refractivity (Wildman–Crippen MR) is 99.1 cm³/mol. The van der Waals surface area contributed by atoms with Gasteiger partial charge in [0, 0.05) is 0 Å². The average molecular weight is 314 g/mol. The Labute approximate surface area is 138 Å². The third-order valence-corrected chi connectivity index (χ3v) is 2.71. The summed E-state index contributed by atoms with van der Waals surface area (Å²) in [5, 5.41) is 8.54. The van der Waals surface area contributed by atoms with E-state index >= 15 is 0 Å². The molecule has 1 unspecified atom stereocenters. The van der Waals surface area contributed by atoms with Crippen molar-refractivity contribution in [3.05, 3.63) is 23.8 Å². The molecule has 3 nitrogen and oxygen atoms in total. The molecule has 0 saturated heterocycles. The Kier molecular flexibility index (Phi) is 23.4. The van der Waals surface area contributed by atoms with Crippen molar-refractivity contribution in [2.45, 2.75) is 86.6 Å². The van der Waals surface area contributed by atoms with Crippen LogP contribution in [0.15, 0.2) is 23.8 Å². The van der Waals surface area contributed by atoms with E-state index in [4.69, 9.17) is 10.8 Å². The molecular formula is C19H39NO2. The molecule has 0 aromatic heterocycles. The maximum Gasteiger partial charge on any atom is 0.320 e. The number of aliphatic carboxylic acids is 1. The van der Waals surface area contributed by atoms with E-state index in [0.29, 0.717) is 6.42 Å². The summed E-state index contributed by atoms with van der Waals surface area (Å²) in [5.41, 5.74) is 6.41. The van der Waals surface area contributed by atoms with Crippen LogP contribution in [0.2, 0.25) is 0 Å². The van der Waals surface area contributed by atoms with E-state index in [9.17, 15) is 4.79 Å². The summed E-state index contributed by atoms with van der Waals surface area (Å²) in [6.07, 6.45) is 11.2. The van der Waals surface area contributed by atoms with Crippen molar-refractivity contribution < 1.29 is 9.90 Å². The van der Waals surface area contributed by atoms with E-state index in [1.807, 2.05) is 45.9 Å². The van der Waals surface area contributed by atoms with Gasteiger partial charge in [0.05, 0.1) is 0 Å². The molecule has 0 radical (unpaired) electrons. The Balaban J connectivity index is -0.000000306. The molecule has 0 aliphatic heterocycles. The van der Waals surface area contributed by atoms with Gasteiger partial charge in [-0.25, -0.2) is 0 Å². The van der Waals surface area contributed by atoms with E-state index in [-0.39, 0.29) is 0 Å². The number of hydrogen-bond acceptors (Lipinski definition) is 2. The molecule has 1 atom stereocenters. The van der Waals surface area contributed by atoms with Gasteiger partial charge < -0.3 is 10.8 Å². The first-order valence-corrected chi connectivity index (χ1v) is 8.81. The molecule has 0 heterocycles. The van der Waals surface area contributed by atoms with Gasteiger partial charge in [-0.3, -0.25) is 4.79 Å².